The Bertz CT molecular complexity index is 2870. The van der Waals surface area contributed by atoms with Gasteiger partial charge in [-0.05, 0) is 107 Å². The lowest BCUT2D eigenvalue weighted by Crippen LogP contribution is -1.97. The van der Waals surface area contributed by atoms with Crippen LogP contribution in [0.15, 0.2) is 158 Å². The Hall–Kier alpha value is -5.92. The van der Waals surface area contributed by atoms with Crippen LogP contribution in [0.25, 0.3) is 87.6 Å². The third-order valence-electron chi connectivity index (χ3n) is 9.27. The summed E-state index contributed by atoms with van der Waals surface area (Å²) in [4.78, 5) is 0. The lowest BCUT2D eigenvalue weighted by molar-refractivity contribution is 0.487. The Kier molecular flexibility index (Phi) is 4.15. The van der Waals surface area contributed by atoms with E-state index in [4.69, 9.17) is 11.6 Å². The lowest BCUT2D eigenvalue weighted by atomic mass is 9.86. The van der Waals surface area contributed by atoms with Crippen molar-refractivity contribution in [2.45, 2.75) is 0 Å². The highest BCUT2D eigenvalue weighted by molar-refractivity contribution is 6.25. The maximum Gasteiger partial charge on any atom is 0.135 e. The van der Waals surface area contributed by atoms with Crippen LogP contribution in [0, 0.1) is 0 Å². The van der Waals surface area contributed by atoms with Crippen LogP contribution in [-0.2, 0) is 0 Å². The smallest absolute Gasteiger partial charge is 0.135 e. The van der Waals surface area contributed by atoms with Gasteiger partial charge >= 0.3 is 0 Å². The molecule has 208 valence electrons. The summed E-state index contributed by atoms with van der Waals surface area (Å²) in [5, 5.41) is 9.03. The van der Waals surface area contributed by atoms with Gasteiger partial charge in [0.1, 0.15) is 11.5 Å². The second-order valence-electron chi connectivity index (χ2n) is 11.7. The molecule has 9 aromatic carbocycles. The molecular formula is C44H26O. The second kappa shape index (κ2) is 9.29. The molecule has 1 aliphatic rings. The molecule has 1 nitrogen and oxygen atoms in total. The summed E-state index contributed by atoms with van der Waals surface area (Å²) in [5.74, 6) is 1.60. The fraction of sp³-hybridized carbons (Fsp3) is 0. The van der Waals surface area contributed by atoms with Gasteiger partial charge in [0, 0.05) is 10.9 Å². The Morgan fingerprint density at radius 2 is 1.00 bits per heavy atom. The molecule has 0 atom stereocenters. The van der Waals surface area contributed by atoms with Crippen molar-refractivity contribution < 1.29 is 11.6 Å². The SMILES string of the molecule is [2H]c1c([2H])c([2H])c(-c2cc(-c3ccc4c5c(cccc35)-c3ccccc3O4)cc(-c3ccc4ccc5cccc6ccc3c4c56)c2)c([2H])c1[2H]. The molecule has 0 aromatic heterocycles. The van der Waals surface area contributed by atoms with Gasteiger partial charge in [-0.1, -0.05) is 127 Å². The van der Waals surface area contributed by atoms with Crippen LogP contribution in [-0.4, -0.2) is 0 Å². The highest BCUT2D eigenvalue weighted by Crippen LogP contribution is 2.49. The highest BCUT2D eigenvalue weighted by atomic mass is 16.5. The maximum atomic E-state index is 8.90. The summed E-state index contributed by atoms with van der Waals surface area (Å²) < 4.78 is 49.4. The standard InChI is InChI=1S/C44H26O/c1-2-8-27(9-3-1)31-24-32(34-20-18-30-17-16-28-10-6-11-29-19-21-39(34)43(30)42(28)29)26-33(25-31)35-22-23-41-44-37(35)13-7-14-38(44)36-12-4-5-15-40(36)45-41/h1-26H/i1D,2D,3D,8D,9D. The first-order valence-corrected chi connectivity index (χ1v) is 15.1. The van der Waals surface area contributed by atoms with Crippen LogP contribution in [0.4, 0.5) is 0 Å². The van der Waals surface area contributed by atoms with Crippen molar-refractivity contribution >= 4 is 43.1 Å². The molecule has 0 spiro atoms. The normalized spacial score (nSPS) is 13.7. The van der Waals surface area contributed by atoms with Crippen molar-refractivity contribution in [3.63, 3.8) is 0 Å². The number of para-hydroxylation sites is 1. The lowest BCUT2D eigenvalue weighted by Gasteiger charge is -2.23. The Labute approximate surface area is 267 Å². The predicted octanol–water partition coefficient (Wildman–Crippen LogP) is 12.5. The van der Waals surface area contributed by atoms with Gasteiger partial charge in [-0.25, -0.2) is 0 Å². The summed E-state index contributed by atoms with van der Waals surface area (Å²) in [6.07, 6.45) is 0. The zero-order valence-corrected chi connectivity index (χ0v) is 24.0. The van der Waals surface area contributed by atoms with Gasteiger partial charge in [0.2, 0.25) is 0 Å². The van der Waals surface area contributed by atoms with Crippen LogP contribution in [0.1, 0.15) is 6.85 Å². The molecule has 10 rings (SSSR count). The molecule has 0 fully saturated rings. The molecule has 0 N–H and O–H groups in total. The molecule has 9 aromatic rings. The molecule has 0 radical (unpaired) electrons. The van der Waals surface area contributed by atoms with E-state index in [2.05, 4.69) is 91.0 Å². The monoisotopic (exact) mass is 575 g/mol. The molecule has 1 aliphatic heterocycles. The second-order valence-corrected chi connectivity index (χ2v) is 11.7. The Morgan fingerprint density at radius 3 is 1.82 bits per heavy atom. The van der Waals surface area contributed by atoms with Gasteiger partial charge in [0.25, 0.3) is 0 Å². The first-order chi connectivity index (χ1) is 24.4. The minimum Gasteiger partial charge on any atom is -0.456 e. The van der Waals surface area contributed by atoms with Crippen molar-refractivity contribution in [3.8, 4) is 56.0 Å². The van der Waals surface area contributed by atoms with E-state index in [0.717, 1.165) is 66.4 Å². The molecule has 45 heavy (non-hydrogen) atoms. The minimum atomic E-state index is -0.407. The first-order valence-electron chi connectivity index (χ1n) is 17.6. The van der Waals surface area contributed by atoms with Gasteiger partial charge < -0.3 is 4.74 Å². The van der Waals surface area contributed by atoms with E-state index in [0.29, 0.717) is 5.56 Å². The third-order valence-corrected chi connectivity index (χ3v) is 9.27. The van der Waals surface area contributed by atoms with E-state index in [1.807, 2.05) is 36.4 Å². The number of ether oxygens (including phenoxy) is 1. The highest BCUT2D eigenvalue weighted by Gasteiger charge is 2.22. The number of hydrogen-bond acceptors (Lipinski definition) is 1. The average molecular weight is 576 g/mol. The van der Waals surface area contributed by atoms with E-state index in [9.17, 15) is 0 Å². The summed E-state index contributed by atoms with van der Waals surface area (Å²) in [6, 6.07) is 42.2. The van der Waals surface area contributed by atoms with E-state index in [1.54, 1.807) is 0 Å². The summed E-state index contributed by atoms with van der Waals surface area (Å²) in [6.45, 7) is 0. The molecule has 1 heteroatoms. The number of rotatable bonds is 3. The van der Waals surface area contributed by atoms with Gasteiger partial charge in [-0.2, -0.15) is 0 Å². The van der Waals surface area contributed by atoms with Gasteiger partial charge in [0.15, 0.2) is 0 Å². The summed E-state index contributed by atoms with van der Waals surface area (Å²) in [5.41, 5.74) is 6.59. The number of benzene rings is 9. The zero-order valence-electron chi connectivity index (χ0n) is 29.0. The van der Waals surface area contributed by atoms with Crippen molar-refractivity contribution in [2.24, 2.45) is 0 Å². The summed E-state index contributed by atoms with van der Waals surface area (Å²) >= 11 is 0. The largest absolute Gasteiger partial charge is 0.456 e. The number of fused-ring (bicyclic) bond motifs is 2. The fourth-order valence-electron chi connectivity index (χ4n) is 7.30. The molecule has 0 bridgehead atoms. The summed E-state index contributed by atoms with van der Waals surface area (Å²) in [7, 11) is 0. The molecule has 1 heterocycles. The van der Waals surface area contributed by atoms with Crippen LogP contribution in [0.5, 0.6) is 11.5 Å². The van der Waals surface area contributed by atoms with Crippen molar-refractivity contribution in [1.82, 2.24) is 0 Å². The van der Waals surface area contributed by atoms with Gasteiger partial charge in [-0.15, -0.1) is 0 Å². The Balaban J connectivity index is 1.29. The van der Waals surface area contributed by atoms with E-state index < -0.39 is 6.04 Å². The van der Waals surface area contributed by atoms with Crippen LogP contribution in [0.2, 0.25) is 0 Å². The fourth-order valence-corrected chi connectivity index (χ4v) is 7.30. The maximum absolute atomic E-state index is 8.90. The van der Waals surface area contributed by atoms with E-state index in [-0.39, 0.29) is 29.7 Å². The minimum absolute atomic E-state index is 0.178. The molecular weight excluding hydrogens is 544 g/mol. The first kappa shape index (κ1) is 20.1. The van der Waals surface area contributed by atoms with E-state index in [1.165, 1.54) is 21.5 Å². The van der Waals surface area contributed by atoms with Crippen LogP contribution >= 0.6 is 0 Å². The van der Waals surface area contributed by atoms with Gasteiger partial charge in [0.05, 0.1) is 6.85 Å². The van der Waals surface area contributed by atoms with Crippen molar-refractivity contribution in [3.05, 3.63) is 158 Å². The predicted molar refractivity (Wildman–Crippen MR) is 189 cm³/mol. The van der Waals surface area contributed by atoms with Crippen LogP contribution < -0.4 is 4.74 Å². The molecule has 0 saturated heterocycles. The van der Waals surface area contributed by atoms with Gasteiger partial charge in [-0.3, -0.25) is 0 Å². The van der Waals surface area contributed by atoms with Crippen LogP contribution in [0.3, 0.4) is 0 Å². The molecule has 0 aliphatic carbocycles. The van der Waals surface area contributed by atoms with Crippen molar-refractivity contribution in [2.75, 3.05) is 0 Å². The Morgan fingerprint density at radius 1 is 0.378 bits per heavy atom. The third kappa shape index (κ3) is 3.62. The molecule has 0 saturated carbocycles. The average Bonchev–Trinajstić information content (AvgIpc) is 3.15. The molecule has 0 amide bonds. The quantitative estimate of drug-likeness (QED) is 0.190. The number of hydrogen-bond donors (Lipinski definition) is 0. The zero-order chi connectivity index (χ0) is 33.8. The molecule has 0 unspecified atom stereocenters. The van der Waals surface area contributed by atoms with E-state index >= 15 is 0 Å². The topological polar surface area (TPSA) is 9.23 Å². The van der Waals surface area contributed by atoms with Crippen molar-refractivity contribution in [1.29, 1.82) is 0 Å².